The molecule has 0 aliphatic carbocycles. The van der Waals surface area contributed by atoms with E-state index in [2.05, 4.69) is 37.5 Å². The van der Waals surface area contributed by atoms with E-state index in [4.69, 9.17) is 9.47 Å². The number of likely N-dealkylation sites (tertiary alicyclic amines) is 2. The van der Waals surface area contributed by atoms with Crippen molar-refractivity contribution in [1.29, 1.82) is 0 Å². The van der Waals surface area contributed by atoms with Crippen LogP contribution in [0.15, 0.2) is 48.5 Å². The molecule has 2 aromatic rings. The van der Waals surface area contributed by atoms with Gasteiger partial charge in [0.15, 0.2) is 0 Å². The molecule has 36 heavy (non-hydrogen) atoms. The molecule has 6 heteroatoms. The number of benzene rings is 2. The van der Waals surface area contributed by atoms with Crippen molar-refractivity contribution in [3.05, 3.63) is 59.7 Å². The molecule has 0 radical (unpaired) electrons. The van der Waals surface area contributed by atoms with Crippen molar-refractivity contribution in [2.45, 2.75) is 65.1 Å². The number of rotatable bonds is 10. The number of ether oxygens (including phenoxy) is 2. The second-order valence-electron chi connectivity index (χ2n) is 10.3. The van der Waals surface area contributed by atoms with E-state index in [0.29, 0.717) is 42.5 Å². The summed E-state index contributed by atoms with van der Waals surface area (Å²) in [5.41, 5.74) is 1.37. The summed E-state index contributed by atoms with van der Waals surface area (Å²) in [6.45, 7) is 13.9. The van der Waals surface area contributed by atoms with E-state index in [1.165, 1.54) is 38.9 Å². The second kappa shape index (κ2) is 14.1. The first-order chi connectivity index (χ1) is 17.4. The smallest absolute Gasteiger partial charge is 0.150 e. The van der Waals surface area contributed by atoms with Crippen LogP contribution in [0.1, 0.15) is 67.7 Å². The summed E-state index contributed by atoms with van der Waals surface area (Å²) in [5, 5.41) is 0. The Kier molecular flexibility index (Phi) is 11.0. The lowest BCUT2D eigenvalue weighted by Gasteiger charge is -2.28. The Balaban J connectivity index is 0.000000201. The summed E-state index contributed by atoms with van der Waals surface area (Å²) in [7, 11) is 0. The van der Waals surface area contributed by atoms with Crippen molar-refractivity contribution in [3.8, 4) is 11.5 Å². The first kappa shape index (κ1) is 27.9. The van der Waals surface area contributed by atoms with E-state index in [-0.39, 0.29) is 0 Å². The summed E-state index contributed by atoms with van der Waals surface area (Å²) >= 11 is 0. The van der Waals surface area contributed by atoms with E-state index in [0.717, 1.165) is 30.0 Å². The zero-order valence-electron chi connectivity index (χ0n) is 22.3. The first-order valence-corrected chi connectivity index (χ1v) is 13.3. The predicted octanol–water partition coefficient (Wildman–Crippen LogP) is 5.36. The number of nitrogens with zero attached hydrogens (tertiary/aromatic N) is 2. The zero-order valence-corrected chi connectivity index (χ0v) is 22.3. The van der Waals surface area contributed by atoms with Crippen LogP contribution in [-0.4, -0.2) is 73.3 Å². The number of hydrogen-bond acceptors (Lipinski definition) is 6. The van der Waals surface area contributed by atoms with Crippen LogP contribution in [0.25, 0.3) is 0 Å². The van der Waals surface area contributed by atoms with E-state index in [1.54, 1.807) is 24.3 Å². The number of aldehydes is 2. The van der Waals surface area contributed by atoms with Crippen LogP contribution in [0.2, 0.25) is 0 Å². The van der Waals surface area contributed by atoms with Crippen LogP contribution in [0.3, 0.4) is 0 Å². The summed E-state index contributed by atoms with van der Waals surface area (Å²) in [5.74, 6) is 2.47. The molecule has 2 aromatic carbocycles. The van der Waals surface area contributed by atoms with Crippen LogP contribution < -0.4 is 9.47 Å². The minimum atomic E-state index is 0.438. The maximum Gasteiger partial charge on any atom is 0.150 e. The fourth-order valence-corrected chi connectivity index (χ4v) is 4.90. The van der Waals surface area contributed by atoms with Gasteiger partial charge < -0.3 is 9.47 Å². The highest BCUT2D eigenvalue weighted by Gasteiger charge is 2.25. The highest BCUT2D eigenvalue weighted by molar-refractivity contribution is 5.75. The topological polar surface area (TPSA) is 59.1 Å². The van der Waals surface area contributed by atoms with Gasteiger partial charge >= 0.3 is 0 Å². The Hall–Kier alpha value is -2.70. The van der Waals surface area contributed by atoms with Gasteiger partial charge in [0.2, 0.25) is 0 Å². The average Bonchev–Trinajstić information content (AvgIpc) is 3.55. The molecule has 2 aliphatic heterocycles. The molecule has 2 fully saturated rings. The van der Waals surface area contributed by atoms with Crippen molar-refractivity contribution in [1.82, 2.24) is 9.80 Å². The third kappa shape index (κ3) is 8.45. The standard InChI is InChI=1S/2C15H21NO2/c1-12-7-8-16(9-12)13(2)11-18-15-5-3-14(10-17)4-6-15;1-12-4-3-9-16(12)13(2)11-18-15-7-5-14(10-17)6-8-15/h3-6,10,12-13H,7-9,11H2,1-2H3;5-8,10,12-13H,3-4,9,11H2,1-2H3/t2*12-,13?/m11/s1. The summed E-state index contributed by atoms with van der Waals surface area (Å²) in [6, 6.07) is 16.1. The molecule has 0 N–H and O–H groups in total. The minimum absolute atomic E-state index is 0.438. The SMILES string of the molecule is CC(COc1ccc(C=O)cc1)N1CCC[C@H]1C.CC(COc1ccc(C=O)cc1)N1CC[C@@H](C)C1. The zero-order chi connectivity index (χ0) is 25.9. The maximum absolute atomic E-state index is 10.5. The fourth-order valence-electron chi connectivity index (χ4n) is 4.90. The van der Waals surface area contributed by atoms with Crippen molar-refractivity contribution in [2.75, 3.05) is 32.8 Å². The molecule has 0 spiro atoms. The van der Waals surface area contributed by atoms with E-state index < -0.39 is 0 Å². The quantitative estimate of drug-likeness (QED) is 0.415. The van der Waals surface area contributed by atoms with Gasteiger partial charge in [-0.1, -0.05) is 6.92 Å². The van der Waals surface area contributed by atoms with Crippen molar-refractivity contribution in [3.63, 3.8) is 0 Å². The number of carbonyl (C=O) groups excluding carboxylic acids is 2. The van der Waals surface area contributed by atoms with Crippen LogP contribution in [0.4, 0.5) is 0 Å². The normalized spacial score (nSPS) is 21.8. The summed E-state index contributed by atoms with van der Waals surface area (Å²) in [6.07, 6.45) is 5.56. The van der Waals surface area contributed by atoms with Crippen LogP contribution in [-0.2, 0) is 0 Å². The second-order valence-corrected chi connectivity index (χ2v) is 10.3. The Morgan fingerprint density at radius 2 is 1.33 bits per heavy atom. The van der Waals surface area contributed by atoms with Crippen LogP contribution in [0.5, 0.6) is 11.5 Å². The summed E-state index contributed by atoms with van der Waals surface area (Å²) in [4.78, 5) is 26.1. The van der Waals surface area contributed by atoms with Gasteiger partial charge in [-0.25, -0.2) is 0 Å². The third-order valence-corrected chi connectivity index (χ3v) is 7.26. The van der Waals surface area contributed by atoms with Gasteiger partial charge in [-0.05, 0) is 108 Å². The largest absolute Gasteiger partial charge is 0.492 e. The molecule has 6 nitrogen and oxygen atoms in total. The van der Waals surface area contributed by atoms with E-state index in [1.807, 2.05) is 24.3 Å². The number of hydrogen-bond donors (Lipinski definition) is 0. The van der Waals surface area contributed by atoms with Crippen LogP contribution >= 0.6 is 0 Å². The highest BCUT2D eigenvalue weighted by Crippen LogP contribution is 2.21. The van der Waals surface area contributed by atoms with Gasteiger partial charge in [0, 0.05) is 35.8 Å². The van der Waals surface area contributed by atoms with Gasteiger partial charge in [0.25, 0.3) is 0 Å². The van der Waals surface area contributed by atoms with Crippen molar-refractivity contribution >= 4 is 12.6 Å². The van der Waals surface area contributed by atoms with Gasteiger partial charge in [0.05, 0.1) is 0 Å². The lowest BCUT2D eigenvalue weighted by Crippen LogP contribution is -2.39. The lowest BCUT2D eigenvalue weighted by molar-refractivity contribution is 0.111. The predicted molar refractivity (Wildman–Crippen MR) is 144 cm³/mol. The molecule has 196 valence electrons. The molecule has 2 heterocycles. The van der Waals surface area contributed by atoms with Crippen LogP contribution in [0, 0.1) is 5.92 Å². The monoisotopic (exact) mass is 494 g/mol. The van der Waals surface area contributed by atoms with Crippen molar-refractivity contribution in [2.24, 2.45) is 5.92 Å². The molecular weight excluding hydrogens is 452 g/mol. The average molecular weight is 495 g/mol. The Morgan fingerprint density at radius 3 is 1.75 bits per heavy atom. The highest BCUT2D eigenvalue weighted by atomic mass is 16.5. The van der Waals surface area contributed by atoms with Gasteiger partial charge in [0.1, 0.15) is 37.3 Å². The molecule has 0 aromatic heterocycles. The minimum Gasteiger partial charge on any atom is -0.492 e. The fraction of sp³-hybridized carbons (Fsp3) is 0.533. The first-order valence-electron chi connectivity index (χ1n) is 13.3. The molecule has 0 bridgehead atoms. The molecule has 0 amide bonds. The molecule has 2 aliphatic rings. The number of carbonyl (C=O) groups is 2. The molecule has 2 saturated heterocycles. The Bertz CT molecular complexity index is 931. The van der Waals surface area contributed by atoms with Gasteiger partial charge in [-0.3, -0.25) is 19.4 Å². The van der Waals surface area contributed by atoms with E-state index in [9.17, 15) is 9.59 Å². The summed E-state index contributed by atoms with van der Waals surface area (Å²) < 4.78 is 11.5. The molecule has 4 rings (SSSR count). The molecule has 0 saturated carbocycles. The van der Waals surface area contributed by atoms with Crippen molar-refractivity contribution < 1.29 is 19.1 Å². The maximum atomic E-state index is 10.5. The molecular formula is C30H42N2O4. The molecule has 2 unspecified atom stereocenters. The Labute approximate surface area is 216 Å². The lowest BCUT2D eigenvalue weighted by atomic mass is 10.2. The Morgan fingerprint density at radius 1 is 0.806 bits per heavy atom. The van der Waals surface area contributed by atoms with Gasteiger partial charge in [-0.15, -0.1) is 0 Å². The van der Waals surface area contributed by atoms with E-state index >= 15 is 0 Å². The third-order valence-electron chi connectivity index (χ3n) is 7.26. The molecule has 4 atom stereocenters. The van der Waals surface area contributed by atoms with Gasteiger partial charge in [-0.2, -0.15) is 0 Å².